The molecule has 0 unspecified atom stereocenters. The molecule has 0 radical (unpaired) electrons. The Morgan fingerprint density at radius 3 is 2.83 bits per heavy atom. The molecule has 0 spiro atoms. The summed E-state index contributed by atoms with van der Waals surface area (Å²) in [5, 5.41) is 4.97. The van der Waals surface area contributed by atoms with Gasteiger partial charge in [0.25, 0.3) is 10.0 Å². The number of imidazole rings is 1. The van der Waals surface area contributed by atoms with Crippen LogP contribution in [-0.2, 0) is 10.0 Å². The second kappa shape index (κ2) is 4.87. The fourth-order valence-corrected chi connectivity index (χ4v) is 3.95. The maximum absolute atomic E-state index is 12.3. The van der Waals surface area contributed by atoms with Gasteiger partial charge in [0.15, 0.2) is 15.8 Å². The minimum Gasteiger partial charge on any atom is -0.368 e. The van der Waals surface area contributed by atoms with Gasteiger partial charge in [-0.3, -0.25) is 4.40 Å². The highest BCUT2D eigenvalue weighted by molar-refractivity contribution is 7.89. The standard InChI is InChI=1S/C10H16N4O2S2/c1-4-11-8-9(18(15,16)13-7(2)3)14-5-6-17-10(14)12-8/h5-7,11,13H,4H2,1-3H3. The average molecular weight is 288 g/mol. The quantitative estimate of drug-likeness (QED) is 0.874. The molecule has 0 aliphatic carbocycles. The van der Waals surface area contributed by atoms with Gasteiger partial charge in [0.2, 0.25) is 0 Å². The van der Waals surface area contributed by atoms with Gasteiger partial charge in [-0.2, -0.15) is 0 Å². The van der Waals surface area contributed by atoms with Crippen molar-refractivity contribution in [3.8, 4) is 0 Å². The Labute approximate surface area is 110 Å². The van der Waals surface area contributed by atoms with Crippen molar-refractivity contribution >= 4 is 32.1 Å². The minimum atomic E-state index is -3.57. The van der Waals surface area contributed by atoms with Crippen LogP contribution < -0.4 is 10.0 Å². The highest BCUT2D eigenvalue weighted by atomic mass is 32.2. The molecule has 0 saturated heterocycles. The van der Waals surface area contributed by atoms with E-state index < -0.39 is 10.0 Å². The van der Waals surface area contributed by atoms with E-state index in [1.54, 1.807) is 24.4 Å². The summed E-state index contributed by atoms with van der Waals surface area (Å²) in [5.74, 6) is 0.400. The number of aromatic nitrogens is 2. The lowest BCUT2D eigenvalue weighted by Gasteiger charge is -2.10. The molecule has 0 bridgehead atoms. The molecule has 2 N–H and O–H groups in total. The van der Waals surface area contributed by atoms with Gasteiger partial charge < -0.3 is 5.32 Å². The molecule has 8 heteroatoms. The van der Waals surface area contributed by atoms with Crippen molar-refractivity contribution in [2.45, 2.75) is 31.8 Å². The molecule has 6 nitrogen and oxygen atoms in total. The number of hydrogen-bond acceptors (Lipinski definition) is 5. The molecule has 0 aliphatic rings. The Kier molecular flexibility index (Phi) is 3.60. The van der Waals surface area contributed by atoms with Crippen LogP contribution in [0.4, 0.5) is 5.82 Å². The molecule has 0 amide bonds. The Balaban J connectivity index is 2.59. The van der Waals surface area contributed by atoms with Crippen LogP contribution in [0.1, 0.15) is 20.8 Å². The Bertz CT molecular complexity index is 642. The Morgan fingerprint density at radius 2 is 2.22 bits per heavy atom. The molecule has 2 aromatic rings. The number of nitrogens with zero attached hydrogens (tertiary/aromatic N) is 2. The topological polar surface area (TPSA) is 75.5 Å². The third-order valence-corrected chi connectivity index (χ3v) is 4.65. The first-order valence-corrected chi connectivity index (χ1v) is 8.03. The van der Waals surface area contributed by atoms with Crippen molar-refractivity contribution in [3.63, 3.8) is 0 Å². The first kappa shape index (κ1) is 13.3. The summed E-state index contributed by atoms with van der Waals surface area (Å²) in [6.45, 7) is 6.10. The molecule has 0 saturated carbocycles. The maximum Gasteiger partial charge on any atom is 0.260 e. The summed E-state index contributed by atoms with van der Waals surface area (Å²) in [4.78, 5) is 4.95. The summed E-state index contributed by atoms with van der Waals surface area (Å²) in [7, 11) is -3.57. The Hall–Kier alpha value is -1.12. The lowest BCUT2D eigenvalue weighted by Crippen LogP contribution is -2.31. The fourth-order valence-electron chi connectivity index (χ4n) is 1.67. The predicted molar refractivity (Wildman–Crippen MR) is 72.7 cm³/mol. The van der Waals surface area contributed by atoms with E-state index in [1.165, 1.54) is 11.3 Å². The van der Waals surface area contributed by atoms with Crippen molar-refractivity contribution in [2.75, 3.05) is 11.9 Å². The number of hydrogen-bond donors (Lipinski definition) is 2. The molecular weight excluding hydrogens is 272 g/mol. The van der Waals surface area contributed by atoms with Gasteiger partial charge >= 0.3 is 0 Å². The lowest BCUT2D eigenvalue weighted by atomic mass is 10.4. The first-order chi connectivity index (χ1) is 8.45. The third-order valence-electron chi connectivity index (χ3n) is 2.21. The Morgan fingerprint density at radius 1 is 1.50 bits per heavy atom. The van der Waals surface area contributed by atoms with Gasteiger partial charge in [0, 0.05) is 24.2 Å². The van der Waals surface area contributed by atoms with Crippen LogP contribution in [0.25, 0.3) is 4.96 Å². The molecular formula is C10H16N4O2S2. The highest BCUT2D eigenvalue weighted by Gasteiger charge is 2.26. The predicted octanol–water partition coefficient (Wildman–Crippen LogP) is 1.51. The van der Waals surface area contributed by atoms with E-state index in [1.807, 2.05) is 12.3 Å². The largest absolute Gasteiger partial charge is 0.368 e. The second-order valence-electron chi connectivity index (χ2n) is 4.13. The van der Waals surface area contributed by atoms with E-state index in [0.29, 0.717) is 17.3 Å². The van der Waals surface area contributed by atoms with Crippen molar-refractivity contribution < 1.29 is 8.42 Å². The van der Waals surface area contributed by atoms with Gasteiger partial charge in [-0.15, -0.1) is 11.3 Å². The molecule has 0 fully saturated rings. The summed E-state index contributed by atoms with van der Waals surface area (Å²) >= 11 is 1.40. The average Bonchev–Trinajstić information content (AvgIpc) is 2.74. The lowest BCUT2D eigenvalue weighted by molar-refractivity contribution is 0.565. The first-order valence-electron chi connectivity index (χ1n) is 5.67. The van der Waals surface area contributed by atoms with Gasteiger partial charge in [-0.25, -0.2) is 18.1 Å². The van der Waals surface area contributed by atoms with Gasteiger partial charge in [-0.05, 0) is 20.8 Å². The van der Waals surface area contributed by atoms with E-state index in [-0.39, 0.29) is 11.1 Å². The maximum atomic E-state index is 12.3. The minimum absolute atomic E-state index is 0.159. The van der Waals surface area contributed by atoms with Crippen molar-refractivity contribution in [1.82, 2.24) is 14.1 Å². The molecule has 0 atom stereocenters. The highest BCUT2D eigenvalue weighted by Crippen LogP contribution is 2.25. The van der Waals surface area contributed by atoms with Crippen LogP contribution in [-0.4, -0.2) is 30.4 Å². The number of fused-ring (bicyclic) bond motifs is 1. The second-order valence-corrected chi connectivity index (χ2v) is 6.63. The zero-order chi connectivity index (χ0) is 13.3. The fraction of sp³-hybridized carbons (Fsp3) is 0.500. The molecule has 2 heterocycles. The molecule has 100 valence electrons. The number of nitrogens with one attached hydrogen (secondary N) is 2. The summed E-state index contributed by atoms with van der Waals surface area (Å²) in [6, 6.07) is -0.159. The zero-order valence-corrected chi connectivity index (χ0v) is 12.1. The van der Waals surface area contributed by atoms with Crippen LogP contribution >= 0.6 is 11.3 Å². The number of anilines is 1. The van der Waals surface area contributed by atoms with E-state index >= 15 is 0 Å². The smallest absolute Gasteiger partial charge is 0.260 e. The molecule has 0 aliphatic heterocycles. The van der Waals surface area contributed by atoms with Crippen LogP contribution in [0.3, 0.4) is 0 Å². The monoisotopic (exact) mass is 288 g/mol. The third kappa shape index (κ3) is 2.36. The SMILES string of the molecule is CCNc1nc2sccn2c1S(=O)(=O)NC(C)C. The summed E-state index contributed by atoms with van der Waals surface area (Å²) in [5.41, 5.74) is 0. The zero-order valence-electron chi connectivity index (χ0n) is 10.5. The van der Waals surface area contributed by atoms with Gasteiger partial charge in [-0.1, -0.05) is 0 Å². The molecule has 18 heavy (non-hydrogen) atoms. The van der Waals surface area contributed by atoms with E-state index in [4.69, 9.17) is 0 Å². The van der Waals surface area contributed by atoms with Crippen molar-refractivity contribution in [1.29, 1.82) is 0 Å². The van der Waals surface area contributed by atoms with Crippen LogP contribution in [0.2, 0.25) is 0 Å². The van der Waals surface area contributed by atoms with E-state index in [0.717, 1.165) is 0 Å². The van der Waals surface area contributed by atoms with Crippen LogP contribution in [0, 0.1) is 0 Å². The summed E-state index contributed by atoms with van der Waals surface area (Å²) < 4.78 is 28.8. The molecule has 2 rings (SSSR count). The van der Waals surface area contributed by atoms with E-state index in [2.05, 4.69) is 15.0 Å². The molecule has 2 aromatic heterocycles. The van der Waals surface area contributed by atoms with Gasteiger partial charge in [0.05, 0.1) is 0 Å². The van der Waals surface area contributed by atoms with Crippen molar-refractivity contribution in [2.24, 2.45) is 0 Å². The normalized spacial score (nSPS) is 12.4. The number of sulfonamides is 1. The van der Waals surface area contributed by atoms with Crippen LogP contribution in [0.15, 0.2) is 16.6 Å². The van der Waals surface area contributed by atoms with Crippen LogP contribution in [0.5, 0.6) is 0 Å². The van der Waals surface area contributed by atoms with E-state index in [9.17, 15) is 8.42 Å². The number of thiazole rings is 1. The van der Waals surface area contributed by atoms with Crippen molar-refractivity contribution in [3.05, 3.63) is 11.6 Å². The summed E-state index contributed by atoms with van der Waals surface area (Å²) in [6.07, 6.45) is 1.71. The van der Waals surface area contributed by atoms with Gasteiger partial charge in [0.1, 0.15) is 0 Å². The number of rotatable bonds is 5. The molecule has 0 aromatic carbocycles.